The third-order valence-corrected chi connectivity index (χ3v) is 8.68. The number of ether oxygens (including phenoxy) is 5. The molecule has 0 saturated heterocycles. The number of hydrogen-bond acceptors (Lipinski definition) is 12. The number of methoxy groups -OCH3 is 1. The second-order valence-corrected chi connectivity index (χ2v) is 13.7. The van der Waals surface area contributed by atoms with E-state index in [1.54, 1.807) is 0 Å². The molecule has 0 radical (unpaired) electrons. The normalized spacial score (nSPS) is 12.4. The summed E-state index contributed by atoms with van der Waals surface area (Å²) in [4.78, 5) is 55.5. The van der Waals surface area contributed by atoms with Gasteiger partial charge in [0.25, 0.3) is 23.6 Å². The lowest BCUT2D eigenvalue weighted by Gasteiger charge is -2.18. The number of carbonyl (C=O) groups is 4. The van der Waals surface area contributed by atoms with E-state index in [9.17, 15) is 81.4 Å². The zero-order chi connectivity index (χ0) is 56.9. The number of phenolic OH excluding ortho intramolecular Hbond substituents is 1. The fraction of sp³-hybridized carbons (Fsp3) is 0.116. The van der Waals surface area contributed by atoms with Crippen molar-refractivity contribution in [3.63, 3.8) is 0 Å². The third-order valence-electron chi connectivity index (χ3n) is 8.68. The second kappa shape index (κ2) is 21.5. The molecule has 0 unspecified atom stereocenters. The van der Waals surface area contributed by atoms with Crippen molar-refractivity contribution >= 4 is 35.0 Å². The topological polar surface area (TPSA) is 237 Å². The predicted molar refractivity (Wildman–Crippen MR) is 219 cm³/mol. The number of pyridine rings is 2. The molecule has 2 heterocycles. The molecule has 0 saturated carbocycles. The van der Waals surface area contributed by atoms with Crippen LogP contribution in [-0.4, -0.2) is 58.5 Å². The van der Waals surface area contributed by atoms with Gasteiger partial charge in [-0.2, -0.15) is 26.3 Å². The van der Waals surface area contributed by atoms with Crippen LogP contribution >= 0.6 is 0 Å². The summed E-state index contributed by atoms with van der Waals surface area (Å²) in [6.07, 6.45) is -18.7. The van der Waals surface area contributed by atoms with E-state index in [0.717, 1.165) is 42.7 Å². The molecule has 30 heteroatoms. The maximum absolute atomic E-state index is 15.1. The molecule has 4 aromatic carbocycles. The zero-order valence-corrected chi connectivity index (χ0v) is 35.2. The molecule has 0 aliphatic rings. The lowest BCUT2D eigenvalue weighted by Crippen LogP contribution is -2.19. The van der Waals surface area contributed by atoms with Crippen LogP contribution in [0, 0.1) is 11.6 Å². The Morgan fingerprint density at radius 1 is 0.548 bits per heavy atom. The first kappa shape index (κ1) is 50.3. The van der Waals surface area contributed by atoms with Gasteiger partial charge in [-0.15, -0.1) is 26.3 Å². The molecule has 0 spiro atoms. The number of aromatic nitrogens is 2. The Labute approximate surface area is 401 Å². The number of primary amides is 2. The number of hydrogen-bond donors (Lipinski definition) is 5. The van der Waals surface area contributed by atoms with E-state index in [2.05, 4.69) is 29.5 Å². The van der Waals surface area contributed by atoms with E-state index in [0.29, 0.717) is 42.5 Å². The standard InChI is InChI=1S/C22H14F7N3O5.C21H12F7N3O5/c1-35-16-9-11(37-22(27,28)29)2-4-14(16)36-15-5-3-12(21(24,25)26)18(23)17(15)20(34)32-10-6-7-31-13(8-10)19(30)33;22-17-11(20(23,24)25)2-4-15(35-14-3-1-10(8-13(14)32)36-21(26,27)28)16(17)19(34)31-9-5-6-30-12(7-9)18(29)33/h2-9H,1H3,(H2,30,33)(H,31,32,34);1-8,32H,(H2,29,33)(H,30,31,34)/i1D3;. The first-order valence-corrected chi connectivity index (χ1v) is 19.0. The van der Waals surface area contributed by atoms with Crippen molar-refractivity contribution in [2.45, 2.75) is 25.1 Å². The summed E-state index contributed by atoms with van der Waals surface area (Å²) in [5.41, 5.74) is 2.73. The highest BCUT2D eigenvalue weighted by Gasteiger charge is 2.39. The van der Waals surface area contributed by atoms with E-state index in [1.165, 1.54) is 0 Å². The lowest BCUT2D eigenvalue weighted by molar-refractivity contribution is -0.275. The van der Waals surface area contributed by atoms with Crippen LogP contribution in [0.4, 0.5) is 72.8 Å². The molecule has 73 heavy (non-hydrogen) atoms. The van der Waals surface area contributed by atoms with Gasteiger partial charge in [0.15, 0.2) is 34.6 Å². The molecule has 0 fully saturated rings. The van der Waals surface area contributed by atoms with Crippen LogP contribution in [0.2, 0.25) is 0 Å². The SMILES string of the molecule is NC(=O)c1cc(NC(=O)c2c(Oc3ccc(OC(F)(F)F)cc3O)ccc(C(F)(F)F)c2F)ccn1.[2H]C([2H])([2H])Oc1cc(OC(F)(F)F)ccc1Oc1ccc(C(F)(F)F)c(F)c1C(=O)Nc1ccnc(C(N)=O)c1. The minimum atomic E-state index is -5.28. The number of aromatic hydroxyl groups is 1. The van der Waals surface area contributed by atoms with Gasteiger partial charge in [0.05, 0.1) is 22.3 Å². The van der Waals surface area contributed by atoms with Gasteiger partial charge in [0, 0.05) is 35.9 Å². The van der Waals surface area contributed by atoms with E-state index in [1.807, 2.05) is 5.32 Å². The van der Waals surface area contributed by atoms with Gasteiger partial charge in [-0.25, -0.2) is 8.78 Å². The summed E-state index contributed by atoms with van der Waals surface area (Å²) in [5.74, 6) is -16.0. The molecular formula is C43H26F14N6O10. The fourth-order valence-electron chi connectivity index (χ4n) is 5.69. The Balaban J connectivity index is 0.000000282. The zero-order valence-electron chi connectivity index (χ0n) is 38.2. The Kier molecular flexibility index (Phi) is 14.8. The summed E-state index contributed by atoms with van der Waals surface area (Å²) in [6, 6.07) is 9.37. The van der Waals surface area contributed by atoms with Crippen LogP contribution in [-0.2, 0) is 12.4 Å². The average molecular weight is 1060 g/mol. The third kappa shape index (κ3) is 14.5. The number of anilines is 2. The number of alkyl halides is 12. The van der Waals surface area contributed by atoms with Gasteiger partial charge in [0.2, 0.25) is 0 Å². The molecule has 6 aromatic rings. The number of halogens is 14. The number of rotatable bonds is 13. The fourth-order valence-corrected chi connectivity index (χ4v) is 5.69. The summed E-state index contributed by atoms with van der Waals surface area (Å²) in [6.45, 7) is 0. The van der Waals surface area contributed by atoms with Gasteiger partial charge in [-0.3, -0.25) is 29.1 Å². The van der Waals surface area contributed by atoms with E-state index >= 15 is 4.39 Å². The molecule has 386 valence electrons. The Morgan fingerprint density at radius 2 is 0.945 bits per heavy atom. The number of amides is 4. The number of nitrogens with one attached hydrogen (secondary N) is 2. The highest BCUT2D eigenvalue weighted by Crippen LogP contribution is 2.43. The summed E-state index contributed by atoms with van der Waals surface area (Å²) < 4.78 is 229. The van der Waals surface area contributed by atoms with E-state index in [-0.39, 0.29) is 34.9 Å². The molecular weight excluding hydrogens is 1030 g/mol. The highest BCUT2D eigenvalue weighted by molar-refractivity contribution is 6.08. The predicted octanol–water partition coefficient (Wildman–Crippen LogP) is 10.3. The maximum atomic E-state index is 15.1. The quantitative estimate of drug-likeness (QED) is 0.0680. The number of benzene rings is 4. The number of nitrogens with zero attached hydrogens (tertiary/aromatic N) is 2. The molecule has 0 aliphatic heterocycles. The molecule has 6 rings (SSSR count). The average Bonchev–Trinajstić information content (AvgIpc) is 3.26. The minimum Gasteiger partial charge on any atom is -0.504 e. The monoisotopic (exact) mass is 1060 g/mol. The van der Waals surface area contributed by atoms with Gasteiger partial charge in [-0.1, -0.05) is 0 Å². The molecule has 0 bridgehead atoms. The Bertz CT molecular complexity index is 3190. The lowest BCUT2D eigenvalue weighted by atomic mass is 10.1. The number of nitrogens with two attached hydrogens (primary N) is 2. The first-order valence-electron chi connectivity index (χ1n) is 20.5. The van der Waals surface area contributed by atoms with Crippen molar-refractivity contribution in [2.24, 2.45) is 11.5 Å². The van der Waals surface area contributed by atoms with E-state index in [4.69, 9.17) is 25.1 Å². The van der Waals surface area contributed by atoms with Crippen LogP contribution in [0.5, 0.6) is 46.0 Å². The van der Waals surface area contributed by atoms with Crippen molar-refractivity contribution in [1.29, 1.82) is 0 Å². The summed E-state index contributed by atoms with van der Waals surface area (Å²) in [7, 11) is -3.26. The Morgan fingerprint density at radius 3 is 1.33 bits per heavy atom. The van der Waals surface area contributed by atoms with E-state index < -0.39 is 136 Å². The molecule has 16 nitrogen and oxygen atoms in total. The number of phenols is 1. The van der Waals surface area contributed by atoms with Crippen molar-refractivity contribution < 1.29 is 114 Å². The summed E-state index contributed by atoms with van der Waals surface area (Å²) in [5, 5.41) is 14.1. The van der Waals surface area contributed by atoms with Crippen molar-refractivity contribution in [1.82, 2.24) is 9.97 Å². The molecule has 0 aliphatic carbocycles. The van der Waals surface area contributed by atoms with Gasteiger partial charge in [-0.05, 0) is 72.8 Å². The van der Waals surface area contributed by atoms with Crippen LogP contribution in [0.15, 0.2) is 97.3 Å². The Hall–Kier alpha value is -9.12. The smallest absolute Gasteiger partial charge is 0.504 e. The van der Waals surface area contributed by atoms with Gasteiger partial charge < -0.3 is 50.9 Å². The van der Waals surface area contributed by atoms with Gasteiger partial charge >= 0.3 is 25.1 Å². The minimum absolute atomic E-state index is 0.192. The van der Waals surface area contributed by atoms with Crippen LogP contribution in [0.1, 0.15) is 56.9 Å². The number of carbonyl (C=O) groups excluding carboxylic acids is 4. The largest absolute Gasteiger partial charge is 0.573 e. The van der Waals surface area contributed by atoms with Gasteiger partial charge in [0.1, 0.15) is 45.5 Å². The first-order chi connectivity index (χ1) is 35.0. The molecule has 4 amide bonds. The maximum Gasteiger partial charge on any atom is 0.573 e. The molecule has 2 aromatic heterocycles. The van der Waals surface area contributed by atoms with Crippen LogP contribution < -0.4 is 45.8 Å². The summed E-state index contributed by atoms with van der Waals surface area (Å²) >= 11 is 0. The van der Waals surface area contributed by atoms with Crippen LogP contribution in [0.3, 0.4) is 0 Å². The van der Waals surface area contributed by atoms with Crippen LogP contribution in [0.25, 0.3) is 0 Å². The van der Waals surface area contributed by atoms with Crippen molar-refractivity contribution in [3.05, 3.63) is 143 Å². The molecule has 7 N–H and O–H groups in total. The van der Waals surface area contributed by atoms with Crippen molar-refractivity contribution in [2.75, 3.05) is 17.7 Å². The second-order valence-electron chi connectivity index (χ2n) is 13.7. The van der Waals surface area contributed by atoms with Crippen molar-refractivity contribution in [3.8, 4) is 46.0 Å². The highest BCUT2D eigenvalue weighted by atomic mass is 19.4. The molecule has 0 atom stereocenters.